The van der Waals surface area contributed by atoms with Crippen LogP contribution in [0.15, 0.2) is 24.3 Å². The van der Waals surface area contributed by atoms with Gasteiger partial charge in [-0.3, -0.25) is 19.2 Å². The van der Waals surface area contributed by atoms with E-state index in [4.69, 9.17) is 0 Å². The molecule has 1 aromatic carbocycles. The van der Waals surface area contributed by atoms with Gasteiger partial charge in [-0.15, -0.1) is 0 Å². The fraction of sp³-hybridized carbons (Fsp3) is 0.565. The van der Waals surface area contributed by atoms with Gasteiger partial charge in [-0.25, -0.2) is 4.39 Å². The van der Waals surface area contributed by atoms with Crippen molar-refractivity contribution in [1.29, 1.82) is 0 Å². The van der Waals surface area contributed by atoms with Crippen LogP contribution in [0, 0.1) is 11.7 Å². The second-order valence-corrected chi connectivity index (χ2v) is 9.29. The standard InChI is InChI=1S/C23H27FN4O4/c24-15-7-3-6-14(10-15)22(31)27-9-8-17-19(27)23(32)28-12-16(11-18(28)21(30)26-17)25-20(29)13-4-1-2-5-13/h3,6-7,10,13,16-19H,1-2,4-5,8-9,11-12H2,(H,25,29)(H,26,30)/t16-,17+,18+,19-/m0/s1. The molecular formula is C23H27FN4O4. The van der Waals surface area contributed by atoms with Crippen molar-refractivity contribution in [2.45, 2.75) is 62.7 Å². The molecule has 0 aromatic heterocycles. The summed E-state index contributed by atoms with van der Waals surface area (Å²) >= 11 is 0. The molecule has 3 aliphatic heterocycles. The number of rotatable bonds is 3. The number of fused-ring (bicyclic) bond motifs is 2. The van der Waals surface area contributed by atoms with Crippen LogP contribution in [-0.2, 0) is 14.4 Å². The van der Waals surface area contributed by atoms with Gasteiger partial charge in [0.1, 0.15) is 17.9 Å². The van der Waals surface area contributed by atoms with Crippen molar-refractivity contribution in [3.05, 3.63) is 35.6 Å². The normalized spacial score (nSPS) is 30.0. The van der Waals surface area contributed by atoms with E-state index in [9.17, 15) is 23.6 Å². The molecular weight excluding hydrogens is 415 g/mol. The fourth-order valence-electron chi connectivity index (χ4n) is 5.65. The smallest absolute Gasteiger partial charge is 0.254 e. The first-order valence-corrected chi connectivity index (χ1v) is 11.4. The molecule has 1 saturated carbocycles. The van der Waals surface area contributed by atoms with Crippen LogP contribution in [0.4, 0.5) is 4.39 Å². The van der Waals surface area contributed by atoms with E-state index in [1.165, 1.54) is 28.0 Å². The van der Waals surface area contributed by atoms with Crippen molar-refractivity contribution in [3.63, 3.8) is 0 Å². The minimum Gasteiger partial charge on any atom is -0.351 e. The highest BCUT2D eigenvalue weighted by atomic mass is 19.1. The minimum atomic E-state index is -0.830. The van der Waals surface area contributed by atoms with Gasteiger partial charge in [0.05, 0.1) is 6.04 Å². The zero-order chi connectivity index (χ0) is 22.4. The summed E-state index contributed by atoms with van der Waals surface area (Å²) in [5, 5.41) is 5.97. The molecule has 4 amide bonds. The van der Waals surface area contributed by atoms with Crippen molar-refractivity contribution < 1.29 is 23.6 Å². The summed E-state index contributed by atoms with van der Waals surface area (Å²) in [4.78, 5) is 55.0. The number of hydrogen-bond acceptors (Lipinski definition) is 4. The molecule has 8 nitrogen and oxygen atoms in total. The maximum Gasteiger partial charge on any atom is 0.254 e. The average molecular weight is 442 g/mol. The molecule has 0 unspecified atom stereocenters. The first kappa shape index (κ1) is 20.9. The lowest BCUT2D eigenvalue weighted by molar-refractivity contribution is -0.138. The number of benzene rings is 1. The average Bonchev–Trinajstić information content (AvgIpc) is 3.51. The predicted octanol–water partition coefficient (Wildman–Crippen LogP) is 0.815. The zero-order valence-corrected chi connectivity index (χ0v) is 17.8. The van der Waals surface area contributed by atoms with E-state index in [0.717, 1.165) is 31.7 Å². The molecule has 9 heteroatoms. The van der Waals surface area contributed by atoms with Crippen molar-refractivity contribution >= 4 is 23.6 Å². The zero-order valence-electron chi connectivity index (χ0n) is 17.8. The number of amides is 4. The van der Waals surface area contributed by atoms with Crippen LogP contribution >= 0.6 is 0 Å². The Labute approximate surface area is 185 Å². The number of carbonyl (C=O) groups excluding carboxylic acids is 4. The van der Waals surface area contributed by atoms with Crippen molar-refractivity contribution in [3.8, 4) is 0 Å². The maximum atomic E-state index is 13.6. The first-order chi connectivity index (χ1) is 15.4. The number of carbonyl (C=O) groups is 4. The van der Waals surface area contributed by atoms with Gasteiger partial charge in [0.25, 0.3) is 5.91 Å². The third-order valence-corrected chi connectivity index (χ3v) is 7.27. The van der Waals surface area contributed by atoms with E-state index in [-0.39, 0.29) is 41.8 Å². The Hall–Kier alpha value is -2.97. The van der Waals surface area contributed by atoms with Gasteiger partial charge in [0.2, 0.25) is 17.7 Å². The molecule has 4 atom stereocenters. The lowest BCUT2D eigenvalue weighted by Gasteiger charge is -2.29. The predicted molar refractivity (Wildman–Crippen MR) is 112 cm³/mol. The summed E-state index contributed by atoms with van der Waals surface area (Å²) in [5.41, 5.74) is 0.175. The van der Waals surface area contributed by atoms with Crippen molar-refractivity contribution in [2.75, 3.05) is 13.1 Å². The van der Waals surface area contributed by atoms with Gasteiger partial charge >= 0.3 is 0 Å². The number of nitrogens with zero attached hydrogens (tertiary/aromatic N) is 2. The van der Waals surface area contributed by atoms with E-state index < -0.39 is 29.8 Å². The number of likely N-dealkylation sites (tertiary alicyclic amines) is 1. The van der Waals surface area contributed by atoms with E-state index >= 15 is 0 Å². The third kappa shape index (κ3) is 3.63. The highest BCUT2D eigenvalue weighted by molar-refractivity contribution is 6.00. The van der Waals surface area contributed by atoms with Gasteiger partial charge < -0.3 is 20.4 Å². The summed E-state index contributed by atoms with van der Waals surface area (Å²) in [6.07, 6.45) is 4.70. The second kappa shape index (κ2) is 8.18. The quantitative estimate of drug-likeness (QED) is 0.724. The third-order valence-electron chi connectivity index (χ3n) is 7.27. The molecule has 4 fully saturated rings. The van der Waals surface area contributed by atoms with Gasteiger partial charge in [-0.05, 0) is 43.9 Å². The molecule has 0 spiro atoms. The molecule has 1 aromatic rings. The van der Waals surface area contributed by atoms with Crippen LogP contribution in [-0.4, -0.2) is 70.7 Å². The van der Waals surface area contributed by atoms with E-state index in [1.807, 2.05) is 0 Å². The van der Waals surface area contributed by atoms with Crippen molar-refractivity contribution in [2.24, 2.45) is 5.92 Å². The Morgan fingerprint density at radius 1 is 1.12 bits per heavy atom. The summed E-state index contributed by atoms with van der Waals surface area (Å²) in [7, 11) is 0. The molecule has 5 rings (SSSR count). The Kier molecular flexibility index (Phi) is 5.35. The molecule has 32 heavy (non-hydrogen) atoms. The monoisotopic (exact) mass is 442 g/mol. The molecule has 2 N–H and O–H groups in total. The summed E-state index contributed by atoms with van der Waals surface area (Å²) in [5.74, 6) is -1.48. The molecule has 4 aliphatic rings. The highest BCUT2D eigenvalue weighted by Gasteiger charge is 2.52. The lowest BCUT2D eigenvalue weighted by Crippen LogP contribution is -2.52. The van der Waals surface area contributed by atoms with Gasteiger partial charge in [-0.2, -0.15) is 0 Å². The van der Waals surface area contributed by atoms with Gasteiger partial charge in [0, 0.05) is 30.6 Å². The van der Waals surface area contributed by atoms with E-state index in [2.05, 4.69) is 10.6 Å². The van der Waals surface area contributed by atoms with Crippen molar-refractivity contribution in [1.82, 2.24) is 20.4 Å². The number of halogens is 1. The largest absolute Gasteiger partial charge is 0.351 e. The second-order valence-electron chi connectivity index (χ2n) is 9.29. The molecule has 3 saturated heterocycles. The fourth-order valence-corrected chi connectivity index (χ4v) is 5.65. The van der Waals surface area contributed by atoms with Gasteiger partial charge in [0.15, 0.2) is 0 Å². The van der Waals surface area contributed by atoms with Crippen LogP contribution in [0.5, 0.6) is 0 Å². The number of nitrogens with one attached hydrogen (secondary N) is 2. The summed E-state index contributed by atoms with van der Waals surface area (Å²) in [6.45, 7) is 0.553. The Bertz CT molecular complexity index is 963. The molecule has 0 radical (unpaired) electrons. The SMILES string of the molecule is O=C(N[C@H]1C[C@@H]2C(=O)N[C@@H]3CCN(C(=O)c4cccc(F)c4)[C@@H]3C(=O)N2C1)C1CCCC1. The highest BCUT2D eigenvalue weighted by Crippen LogP contribution is 2.31. The first-order valence-electron chi connectivity index (χ1n) is 11.4. The van der Waals surface area contributed by atoms with E-state index in [0.29, 0.717) is 19.4 Å². The van der Waals surface area contributed by atoms with E-state index in [1.54, 1.807) is 0 Å². The van der Waals surface area contributed by atoms with Crippen LogP contribution in [0.25, 0.3) is 0 Å². The summed E-state index contributed by atoms with van der Waals surface area (Å²) in [6, 6.07) is 3.15. The molecule has 3 heterocycles. The van der Waals surface area contributed by atoms with Gasteiger partial charge in [-0.1, -0.05) is 18.9 Å². The Morgan fingerprint density at radius 3 is 2.66 bits per heavy atom. The Morgan fingerprint density at radius 2 is 1.91 bits per heavy atom. The molecule has 1 aliphatic carbocycles. The lowest BCUT2D eigenvalue weighted by atomic mass is 10.1. The number of hydrogen-bond donors (Lipinski definition) is 2. The van der Waals surface area contributed by atoms with Crippen LogP contribution in [0.2, 0.25) is 0 Å². The van der Waals surface area contributed by atoms with Crippen LogP contribution < -0.4 is 10.6 Å². The molecule has 170 valence electrons. The minimum absolute atomic E-state index is 0.000307. The summed E-state index contributed by atoms with van der Waals surface area (Å²) < 4.78 is 13.6. The molecule has 0 bridgehead atoms. The van der Waals surface area contributed by atoms with Crippen LogP contribution in [0.3, 0.4) is 0 Å². The van der Waals surface area contributed by atoms with Crippen LogP contribution in [0.1, 0.15) is 48.9 Å². The topological polar surface area (TPSA) is 98.8 Å². The Balaban J connectivity index is 1.33. The maximum absolute atomic E-state index is 13.6.